The number of aliphatic imine (C=N–C) groups is 1. The van der Waals surface area contributed by atoms with Crippen molar-refractivity contribution in [3.8, 4) is 0 Å². The van der Waals surface area contributed by atoms with Crippen molar-refractivity contribution in [2.24, 2.45) is 4.99 Å². The lowest BCUT2D eigenvalue weighted by molar-refractivity contribution is 0.459. The molecule has 0 amide bonds. The lowest BCUT2D eigenvalue weighted by Crippen LogP contribution is -2.19. The van der Waals surface area contributed by atoms with Crippen molar-refractivity contribution in [3.63, 3.8) is 0 Å². The van der Waals surface area contributed by atoms with Gasteiger partial charge in [0.15, 0.2) is 0 Å². The minimum atomic E-state index is -0.330. The van der Waals surface area contributed by atoms with Crippen LogP contribution in [0.1, 0.15) is 31.2 Å². The molecule has 2 aromatic rings. The molecule has 0 unspecified atom stereocenters. The number of carbonyl (C=O) groups excluding carboxylic acids is 1. The summed E-state index contributed by atoms with van der Waals surface area (Å²) in [6.45, 7) is 0. The van der Waals surface area contributed by atoms with Crippen LogP contribution in [0.2, 0.25) is 0 Å². The summed E-state index contributed by atoms with van der Waals surface area (Å²) in [5.41, 5.74) is 1.94. The Morgan fingerprint density at radius 1 is 1.24 bits per heavy atom. The molecule has 86 valence electrons. The van der Waals surface area contributed by atoms with Gasteiger partial charge in [-0.25, -0.2) is 4.79 Å². The number of aromatic amines is 1. The van der Waals surface area contributed by atoms with Crippen LogP contribution in [-0.2, 0) is 10.3 Å². The molecule has 0 atom stereocenters. The quantitative estimate of drug-likeness (QED) is 0.620. The van der Waals surface area contributed by atoms with Gasteiger partial charge in [0.25, 0.3) is 0 Å². The molecule has 0 saturated heterocycles. The molecule has 1 aliphatic carbocycles. The van der Waals surface area contributed by atoms with Gasteiger partial charge in [-0.2, -0.15) is 4.99 Å². The third kappa shape index (κ3) is 1.51. The van der Waals surface area contributed by atoms with E-state index in [1.54, 1.807) is 6.08 Å². The smallest absolute Gasteiger partial charge is 0.235 e. The van der Waals surface area contributed by atoms with E-state index in [-0.39, 0.29) is 5.54 Å². The number of benzene rings is 1. The van der Waals surface area contributed by atoms with Gasteiger partial charge in [-0.15, -0.1) is 0 Å². The molecule has 3 heteroatoms. The zero-order chi connectivity index (χ0) is 11.7. The van der Waals surface area contributed by atoms with Gasteiger partial charge in [-0.3, -0.25) is 0 Å². The molecule has 1 saturated carbocycles. The lowest BCUT2D eigenvalue weighted by Gasteiger charge is -2.23. The molecule has 1 N–H and O–H groups in total. The lowest BCUT2D eigenvalue weighted by atomic mass is 9.87. The Bertz CT molecular complexity index is 587. The number of aromatic nitrogens is 1. The Morgan fingerprint density at radius 3 is 2.82 bits per heavy atom. The van der Waals surface area contributed by atoms with Gasteiger partial charge in [0.2, 0.25) is 6.08 Å². The fourth-order valence-electron chi connectivity index (χ4n) is 2.98. The largest absolute Gasteiger partial charge is 0.361 e. The van der Waals surface area contributed by atoms with Crippen molar-refractivity contribution in [2.75, 3.05) is 0 Å². The second kappa shape index (κ2) is 3.86. The summed E-state index contributed by atoms with van der Waals surface area (Å²) in [6, 6.07) is 8.22. The second-order valence-electron chi connectivity index (χ2n) is 4.69. The Morgan fingerprint density at radius 2 is 2.06 bits per heavy atom. The van der Waals surface area contributed by atoms with E-state index in [0.717, 1.165) is 36.8 Å². The zero-order valence-corrected chi connectivity index (χ0v) is 9.57. The first-order valence-electron chi connectivity index (χ1n) is 6.01. The highest BCUT2D eigenvalue weighted by atomic mass is 16.1. The first kappa shape index (κ1) is 10.3. The van der Waals surface area contributed by atoms with Crippen molar-refractivity contribution < 1.29 is 4.79 Å². The molecule has 0 spiro atoms. The summed E-state index contributed by atoms with van der Waals surface area (Å²) in [4.78, 5) is 18.1. The number of fused-ring (bicyclic) bond motifs is 1. The molecular weight excluding hydrogens is 212 g/mol. The molecule has 1 aliphatic rings. The number of rotatable bonds is 2. The predicted molar refractivity (Wildman–Crippen MR) is 66.6 cm³/mol. The van der Waals surface area contributed by atoms with Crippen molar-refractivity contribution in [1.82, 2.24) is 4.98 Å². The van der Waals surface area contributed by atoms with Crippen LogP contribution in [0, 0.1) is 0 Å². The van der Waals surface area contributed by atoms with E-state index in [2.05, 4.69) is 22.1 Å². The van der Waals surface area contributed by atoms with Crippen LogP contribution in [0.15, 0.2) is 35.5 Å². The highest BCUT2D eigenvalue weighted by Crippen LogP contribution is 2.44. The standard InChI is InChI=1S/C14H14N2O/c17-10-16-14(7-1-2-8-14)12-4-3-5-13-11(12)6-9-15-13/h3-6,9,15H,1-2,7-8H2. The van der Waals surface area contributed by atoms with Gasteiger partial charge < -0.3 is 4.98 Å². The SMILES string of the molecule is O=C=NC1(c2cccc3[nH]ccc23)CCCC1. The minimum Gasteiger partial charge on any atom is -0.361 e. The Balaban J connectivity index is 2.25. The van der Waals surface area contributed by atoms with Crippen LogP contribution in [0.3, 0.4) is 0 Å². The minimum absolute atomic E-state index is 0.330. The van der Waals surface area contributed by atoms with Crippen LogP contribution in [0.25, 0.3) is 10.9 Å². The van der Waals surface area contributed by atoms with E-state index in [4.69, 9.17) is 0 Å². The summed E-state index contributed by atoms with van der Waals surface area (Å²) in [6.07, 6.45) is 7.87. The average molecular weight is 226 g/mol. The molecule has 1 fully saturated rings. The van der Waals surface area contributed by atoms with Gasteiger partial charge in [0.05, 0.1) is 5.54 Å². The number of nitrogens with zero attached hydrogens (tertiary/aromatic N) is 1. The number of hydrogen-bond acceptors (Lipinski definition) is 2. The Kier molecular flexibility index (Phi) is 2.34. The zero-order valence-electron chi connectivity index (χ0n) is 9.57. The van der Waals surface area contributed by atoms with Gasteiger partial charge in [0.1, 0.15) is 0 Å². The van der Waals surface area contributed by atoms with Crippen LogP contribution in [-0.4, -0.2) is 11.1 Å². The number of hydrogen-bond donors (Lipinski definition) is 1. The maximum Gasteiger partial charge on any atom is 0.235 e. The van der Waals surface area contributed by atoms with Gasteiger partial charge in [0, 0.05) is 17.1 Å². The van der Waals surface area contributed by atoms with Crippen LogP contribution in [0.5, 0.6) is 0 Å². The van der Waals surface area contributed by atoms with E-state index in [0.29, 0.717) is 0 Å². The van der Waals surface area contributed by atoms with Crippen molar-refractivity contribution in [2.45, 2.75) is 31.2 Å². The third-order valence-electron chi connectivity index (χ3n) is 3.79. The molecule has 0 aliphatic heterocycles. The summed E-state index contributed by atoms with van der Waals surface area (Å²) >= 11 is 0. The highest BCUT2D eigenvalue weighted by molar-refractivity contribution is 5.84. The fourth-order valence-corrected chi connectivity index (χ4v) is 2.98. The monoisotopic (exact) mass is 226 g/mol. The van der Waals surface area contributed by atoms with Gasteiger partial charge in [-0.1, -0.05) is 25.0 Å². The summed E-state index contributed by atoms with van der Waals surface area (Å²) in [5.74, 6) is 0. The number of isocyanates is 1. The van der Waals surface area contributed by atoms with Crippen LogP contribution < -0.4 is 0 Å². The normalized spacial score (nSPS) is 18.1. The van der Waals surface area contributed by atoms with Crippen molar-refractivity contribution in [1.29, 1.82) is 0 Å². The first-order valence-corrected chi connectivity index (χ1v) is 6.01. The molecule has 3 nitrogen and oxygen atoms in total. The second-order valence-corrected chi connectivity index (χ2v) is 4.69. The molecule has 1 aromatic carbocycles. The fraction of sp³-hybridized carbons (Fsp3) is 0.357. The summed E-state index contributed by atoms with van der Waals surface area (Å²) < 4.78 is 0. The molecule has 1 heterocycles. The maximum atomic E-state index is 10.7. The molecule has 3 rings (SSSR count). The molecule has 0 bridgehead atoms. The average Bonchev–Trinajstić information content (AvgIpc) is 2.97. The van der Waals surface area contributed by atoms with E-state index in [1.807, 2.05) is 18.3 Å². The van der Waals surface area contributed by atoms with Gasteiger partial charge in [-0.05, 0) is 30.5 Å². The number of nitrogens with one attached hydrogen (secondary N) is 1. The van der Waals surface area contributed by atoms with Crippen molar-refractivity contribution >= 4 is 17.0 Å². The van der Waals surface area contributed by atoms with Gasteiger partial charge >= 0.3 is 0 Å². The van der Waals surface area contributed by atoms with E-state index >= 15 is 0 Å². The van der Waals surface area contributed by atoms with E-state index < -0.39 is 0 Å². The number of H-pyrrole nitrogens is 1. The third-order valence-corrected chi connectivity index (χ3v) is 3.79. The predicted octanol–water partition coefficient (Wildman–Crippen LogP) is 3.27. The Labute approximate surface area is 99.6 Å². The molecule has 1 aromatic heterocycles. The first-order chi connectivity index (χ1) is 8.36. The molecule has 0 radical (unpaired) electrons. The van der Waals surface area contributed by atoms with E-state index in [1.165, 1.54) is 5.39 Å². The Hall–Kier alpha value is -1.86. The molecule has 17 heavy (non-hydrogen) atoms. The van der Waals surface area contributed by atoms with Crippen molar-refractivity contribution in [3.05, 3.63) is 36.0 Å². The highest BCUT2D eigenvalue weighted by Gasteiger charge is 2.36. The van der Waals surface area contributed by atoms with Crippen LogP contribution >= 0.6 is 0 Å². The topological polar surface area (TPSA) is 45.2 Å². The summed E-state index contributed by atoms with van der Waals surface area (Å²) in [5, 5.41) is 1.17. The maximum absolute atomic E-state index is 10.7. The van der Waals surface area contributed by atoms with E-state index in [9.17, 15) is 4.79 Å². The molecular formula is C14H14N2O. The van der Waals surface area contributed by atoms with Crippen LogP contribution in [0.4, 0.5) is 0 Å². The summed E-state index contributed by atoms with van der Waals surface area (Å²) in [7, 11) is 0.